The Kier molecular flexibility index (Phi) is 8.89. The molecule has 1 fully saturated rings. The minimum Gasteiger partial charge on any atom is -0.379 e. The molecule has 0 bridgehead atoms. The SMILES string of the molecule is CCOP(=O)(CCOCCn1cnc2c(N3CCCC3)nc(-n3cc(-c4cccc(Cl)c4)nn3)nc21)OCC. The van der Waals surface area contributed by atoms with Crippen LogP contribution in [-0.2, 0) is 24.9 Å². The second kappa shape index (κ2) is 12.5. The molecule has 4 aromatic rings. The maximum absolute atomic E-state index is 12.6. The maximum atomic E-state index is 12.6. The molecule has 39 heavy (non-hydrogen) atoms. The molecule has 0 atom stereocenters. The molecule has 0 aliphatic carbocycles. The number of anilines is 1. The maximum Gasteiger partial charge on any atom is 0.332 e. The number of hydrogen-bond acceptors (Lipinski definition) is 10. The summed E-state index contributed by atoms with van der Waals surface area (Å²) in [6, 6.07) is 7.46. The van der Waals surface area contributed by atoms with Crippen LogP contribution in [0.5, 0.6) is 0 Å². The zero-order valence-corrected chi connectivity index (χ0v) is 23.7. The summed E-state index contributed by atoms with van der Waals surface area (Å²) in [5.41, 5.74) is 2.94. The van der Waals surface area contributed by atoms with Crippen molar-refractivity contribution >= 4 is 36.2 Å². The fraction of sp³-hybridized carbons (Fsp3) is 0.480. The van der Waals surface area contributed by atoms with Crippen LogP contribution in [0.2, 0.25) is 5.02 Å². The van der Waals surface area contributed by atoms with Crippen molar-refractivity contribution in [3.05, 3.63) is 41.8 Å². The molecule has 12 nitrogen and oxygen atoms in total. The van der Waals surface area contributed by atoms with E-state index >= 15 is 0 Å². The van der Waals surface area contributed by atoms with Gasteiger partial charge in [-0.1, -0.05) is 28.9 Å². The third kappa shape index (κ3) is 6.47. The molecule has 4 heterocycles. The first-order valence-corrected chi connectivity index (χ1v) is 15.2. The molecule has 14 heteroatoms. The highest BCUT2D eigenvalue weighted by atomic mass is 35.5. The predicted octanol–water partition coefficient (Wildman–Crippen LogP) is 4.61. The molecule has 208 valence electrons. The second-order valence-corrected chi connectivity index (χ2v) is 11.6. The lowest BCUT2D eigenvalue weighted by Crippen LogP contribution is -2.21. The van der Waals surface area contributed by atoms with Crippen molar-refractivity contribution < 1.29 is 18.3 Å². The number of ether oxygens (including phenoxy) is 1. The molecule has 0 spiro atoms. The zero-order valence-electron chi connectivity index (χ0n) is 22.1. The average molecular weight is 575 g/mol. The Hall–Kier alpha value is -2.89. The lowest BCUT2D eigenvalue weighted by atomic mass is 10.2. The number of aromatic nitrogens is 7. The number of rotatable bonds is 13. The molecular formula is C25H32ClN8O4P. The summed E-state index contributed by atoms with van der Waals surface area (Å²) >= 11 is 6.16. The van der Waals surface area contributed by atoms with E-state index in [9.17, 15) is 4.57 Å². The number of hydrogen-bond donors (Lipinski definition) is 0. The Labute approximate surface area is 231 Å². The molecule has 1 aliphatic rings. The van der Waals surface area contributed by atoms with Gasteiger partial charge in [-0.3, -0.25) is 4.57 Å². The van der Waals surface area contributed by atoms with E-state index in [1.165, 1.54) is 0 Å². The Morgan fingerprint density at radius 1 is 1.08 bits per heavy atom. The lowest BCUT2D eigenvalue weighted by Gasteiger charge is -2.17. The zero-order chi connectivity index (χ0) is 27.2. The fourth-order valence-electron chi connectivity index (χ4n) is 4.48. The van der Waals surface area contributed by atoms with Crippen molar-refractivity contribution in [1.82, 2.24) is 34.5 Å². The number of imidazole rings is 1. The second-order valence-electron chi connectivity index (χ2n) is 8.99. The van der Waals surface area contributed by atoms with Crippen molar-refractivity contribution in [3.63, 3.8) is 0 Å². The smallest absolute Gasteiger partial charge is 0.332 e. The van der Waals surface area contributed by atoms with E-state index in [4.69, 9.17) is 35.4 Å². The first-order chi connectivity index (χ1) is 19.0. The highest BCUT2D eigenvalue weighted by Crippen LogP contribution is 2.47. The predicted molar refractivity (Wildman–Crippen MR) is 149 cm³/mol. The number of nitrogens with zero attached hydrogens (tertiary/aromatic N) is 8. The molecule has 0 unspecified atom stereocenters. The molecule has 1 aromatic carbocycles. The average Bonchev–Trinajstić information content (AvgIpc) is 3.70. The Bertz CT molecular complexity index is 1450. The van der Waals surface area contributed by atoms with Crippen LogP contribution in [0.3, 0.4) is 0 Å². The van der Waals surface area contributed by atoms with E-state index in [2.05, 4.69) is 20.2 Å². The van der Waals surface area contributed by atoms with Crippen LogP contribution in [0.25, 0.3) is 28.4 Å². The molecule has 5 rings (SSSR count). The van der Waals surface area contributed by atoms with E-state index in [-0.39, 0.29) is 12.8 Å². The monoisotopic (exact) mass is 574 g/mol. The van der Waals surface area contributed by atoms with Gasteiger partial charge in [-0.15, -0.1) is 5.10 Å². The highest BCUT2D eigenvalue weighted by molar-refractivity contribution is 7.53. The summed E-state index contributed by atoms with van der Waals surface area (Å²) in [5.74, 6) is 1.18. The van der Waals surface area contributed by atoms with Crippen LogP contribution in [0.1, 0.15) is 26.7 Å². The van der Waals surface area contributed by atoms with Crippen LogP contribution in [0.15, 0.2) is 36.8 Å². The molecule has 0 saturated carbocycles. The van der Waals surface area contributed by atoms with Gasteiger partial charge in [0, 0.05) is 30.2 Å². The molecule has 0 N–H and O–H groups in total. The Balaban J connectivity index is 1.36. The van der Waals surface area contributed by atoms with Gasteiger partial charge in [-0.25, -0.2) is 4.98 Å². The molecule has 3 aromatic heterocycles. The number of fused-ring (bicyclic) bond motifs is 1. The largest absolute Gasteiger partial charge is 0.379 e. The van der Waals surface area contributed by atoms with Gasteiger partial charge in [-0.2, -0.15) is 14.6 Å². The summed E-state index contributed by atoms with van der Waals surface area (Å²) < 4.78 is 32.6. The summed E-state index contributed by atoms with van der Waals surface area (Å²) in [7, 11) is -3.13. The fourth-order valence-corrected chi connectivity index (χ4v) is 6.14. The van der Waals surface area contributed by atoms with E-state index < -0.39 is 7.60 Å². The topological polar surface area (TPSA) is 122 Å². The van der Waals surface area contributed by atoms with Crippen LogP contribution < -0.4 is 4.90 Å². The Morgan fingerprint density at radius 3 is 2.62 bits per heavy atom. The molecule has 1 saturated heterocycles. The molecule has 1 aliphatic heterocycles. The van der Waals surface area contributed by atoms with Crippen LogP contribution in [-0.4, -0.2) is 80.2 Å². The summed E-state index contributed by atoms with van der Waals surface area (Å²) in [4.78, 5) is 16.5. The van der Waals surface area contributed by atoms with Crippen LogP contribution in [0, 0.1) is 0 Å². The van der Waals surface area contributed by atoms with Gasteiger partial charge in [-0.05, 0) is 38.8 Å². The van der Waals surface area contributed by atoms with Crippen LogP contribution >= 0.6 is 19.2 Å². The van der Waals surface area contributed by atoms with Gasteiger partial charge in [0.2, 0.25) is 0 Å². The third-order valence-electron chi connectivity index (χ3n) is 6.30. The first-order valence-electron chi connectivity index (χ1n) is 13.1. The number of halogens is 1. The van der Waals surface area contributed by atoms with Gasteiger partial charge in [0.1, 0.15) is 5.69 Å². The van der Waals surface area contributed by atoms with Crippen molar-refractivity contribution in [2.24, 2.45) is 0 Å². The van der Waals surface area contributed by atoms with E-state index in [1.807, 2.05) is 28.8 Å². The minimum absolute atomic E-state index is 0.200. The Morgan fingerprint density at radius 2 is 1.87 bits per heavy atom. The van der Waals surface area contributed by atoms with E-state index in [0.29, 0.717) is 48.7 Å². The lowest BCUT2D eigenvalue weighted by molar-refractivity contribution is 0.132. The standard InChI is InChI=1S/C25H32ClN8O4P/c1-3-37-39(35,38-4-2)15-14-36-13-12-33-18-27-22-23(32-10-5-6-11-32)28-25(29-24(22)33)34-17-21(30-31-34)19-8-7-9-20(26)16-19/h7-9,16-18H,3-6,10-15H2,1-2H3. The van der Waals surface area contributed by atoms with E-state index in [0.717, 1.165) is 42.8 Å². The number of benzene rings is 1. The van der Waals surface area contributed by atoms with Gasteiger partial charge in [0.15, 0.2) is 17.0 Å². The van der Waals surface area contributed by atoms with Crippen molar-refractivity contribution in [2.45, 2.75) is 33.2 Å². The van der Waals surface area contributed by atoms with Crippen molar-refractivity contribution in [2.75, 3.05) is 50.6 Å². The van der Waals surface area contributed by atoms with Crippen molar-refractivity contribution in [3.8, 4) is 17.2 Å². The molecular weight excluding hydrogens is 543 g/mol. The van der Waals surface area contributed by atoms with Gasteiger partial charge >= 0.3 is 7.60 Å². The van der Waals surface area contributed by atoms with Gasteiger partial charge in [0.05, 0.1) is 45.1 Å². The first kappa shape index (κ1) is 27.7. The van der Waals surface area contributed by atoms with Crippen molar-refractivity contribution in [1.29, 1.82) is 0 Å². The van der Waals surface area contributed by atoms with Gasteiger partial charge in [0.25, 0.3) is 5.95 Å². The molecule has 0 amide bonds. The normalized spacial score (nSPS) is 14.1. The van der Waals surface area contributed by atoms with Gasteiger partial charge < -0.3 is 23.3 Å². The van der Waals surface area contributed by atoms with E-state index in [1.54, 1.807) is 31.1 Å². The quantitative estimate of drug-likeness (QED) is 0.165. The summed E-state index contributed by atoms with van der Waals surface area (Å²) in [6.45, 7) is 7.20. The molecule has 0 radical (unpaired) electrons. The highest BCUT2D eigenvalue weighted by Gasteiger charge is 2.24. The summed E-state index contributed by atoms with van der Waals surface area (Å²) in [6.07, 6.45) is 5.94. The summed E-state index contributed by atoms with van der Waals surface area (Å²) in [5, 5.41) is 9.23. The third-order valence-corrected chi connectivity index (χ3v) is 8.56. The minimum atomic E-state index is -3.13. The van der Waals surface area contributed by atoms with Crippen LogP contribution in [0.4, 0.5) is 5.82 Å².